The lowest BCUT2D eigenvalue weighted by atomic mass is 9.85. The zero-order valence-electron chi connectivity index (χ0n) is 16.8. The van der Waals surface area contributed by atoms with Crippen molar-refractivity contribution < 1.29 is 19.5 Å². The predicted molar refractivity (Wildman–Crippen MR) is 107 cm³/mol. The van der Waals surface area contributed by atoms with Crippen LogP contribution in [-0.2, 0) is 20.8 Å². The van der Waals surface area contributed by atoms with Crippen LogP contribution in [0.4, 0.5) is 0 Å². The van der Waals surface area contributed by atoms with Crippen LogP contribution in [0.25, 0.3) is 0 Å². The summed E-state index contributed by atoms with van der Waals surface area (Å²) in [7, 11) is 3.80. The Kier molecular flexibility index (Phi) is 7.99. The summed E-state index contributed by atoms with van der Waals surface area (Å²) >= 11 is 0. The molecule has 1 aromatic rings. The number of carboxylic acid groups (broad SMARTS) is 1. The average Bonchev–Trinajstić information content (AvgIpc) is 3.09. The van der Waals surface area contributed by atoms with Crippen molar-refractivity contribution in [3.63, 3.8) is 0 Å². The van der Waals surface area contributed by atoms with Crippen LogP contribution in [0.3, 0.4) is 0 Å². The summed E-state index contributed by atoms with van der Waals surface area (Å²) in [5, 5.41) is 6.89. The topological polar surface area (TPSA) is 81.2 Å². The van der Waals surface area contributed by atoms with Crippen molar-refractivity contribution in [2.45, 2.75) is 37.6 Å². The summed E-state index contributed by atoms with van der Waals surface area (Å²) in [4.78, 5) is 40.1. The van der Waals surface area contributed by atoms with E-state index in [1.165, 1.54) is 5.56 Å². The highest BCUT2D eigenvalue weighted by Gasteiger charge is 2.52. The summed E-state index contributed by atoms with van der Waals surface area (Å²) in [5.41, 5.74) is 0.670. The molecule has 1 N–H and O–H groups in total. The smallest absolute Gasteiger partial charge is 0.290 e. The van der Waals surface area contributed by atoms with E-state index >= 15 is 0 Å². The highest BCUT2D eigenvalue weighted by Crippen LogP contribution is 2.38. The van der Waals surface area contributed by atoms with Gasteiger partial charge in [-0.1, -0.05) is 30.3 Å². The van der Waals surface area contributed by atoms with Crippen LogP contribution < -0.4 is 0 Å². The predicted octanol–water partition coefficient (Wildman–Crippen LogP) is 1.48. The second kappa shape index (κ2) is 10.2. The van der Waals surface area contributed by atoms with Crippen LogP contribution in [0.1, 0.15) is 31.2 Å². The van der Waals surface area contributed by atoms with Gasteiger partial charge in [0, 0.05) is 19.6 Å². The van der Waals surface area contributed by atoms with E-state index in [1.54, 1.807) is 0 Å². The van der Waals surface area contributed by atoms with Gasteiger partial charge in [0.25, 0.3) is 6.47 Å². The molecule has 0 radical (unpaired) electrons. The molecule has 154 valence electrons. The second-order valence-electron chi connectivity index (χ2n) is 7.66. The molecule has 2 saturated heterocycles. The van der Waals surface area contributed by atoms with Gasteiger partial charge in [-0.15, -0.1) is 0 Å². The number of piperidine rings is 1. The molecule has 2 aliphatic heterocycles. The Morgan fingerprint density at radius 2 is 1.79 bits per heavy atom. The third kappa shape index (κ3) is 5.10. The molecule has 7 nitrogen and oxygen atoms in total. The Morgan fingerprint density at radius 3 is 2.39 bits per heavy atom. The van der Waals surface area contributed by atoms with E-state index in [4.69, 9.17) is 9.90 Å². The van der Waals surface area contributed by atoms with E-state index in [9.17, 15) is 9.59 Å². The van der Waals surface area contributed by atoms with Crippen LogP contribution in [0.5, 0.6) is 0 Å². The van der Waals surface area contributed by atoms with Crippen molar-refractivity contribution in [1.29, 1.82) is 0 Å². The number of carbonyl (C=O) groups excluding carboxylic acids is 2. The van der Waals surface area contributed by atoms with Crippen LogP contribution in [0, 0.1) is 0 Å². The fourth-order valence-electron chi connectivity index (χ4n) is 4.27. The Labute approximate surface area is 166 Å². The van der Waals surface area contributed by atoms with Crippen molar-refractivity contribution in [3.8, 4) is 0 Å². The Morgan fingerprint density at radius 1 is 1.18 bits per heavy atom. The molecule has 2 heterocycles. The standard InChI is InChI=1S/C20H29N3O2.CH2O2/c1-21(2)16-18(24)23-14-7-12-20(23)11-6-13-22(19(20)25)15-10-17-8-4-3-5-9-17;2-1-3/h3-5,8-9H,6-7,10-16H2,1-2H3;1H,(H,2,3). The number of likely N-dealkylation sites (N-methyl/N-ethyl adjacent to an activating group) is 1. The van der Waals surface area contributed by atoms with Gasteiger partial charge in [0.2, 0.25) is 11.8 Å². The van der Waals surface area contributed by atoms with Crippen molar-refractivity contribution in [3.05, 3.63) is 35.9 Å². The molecule has 3 rings (SSSR count). The highest BCUT2D eigenvalue weighted by atomic mass is 16.3. The molecular weight excluding hydrogens is 358 g/mol. The van der Waals surface area contributed by atoms with Gasteiger partial charge in [0.05, 0.1) is 6.54 Å². The van der Waals surface area contributed by atoms with Gasteiger partial charge in [-0.05, 0) is 51.8 Å². The number of amides is 2. The van der Waals surface area contributed by atoms with Crippen LogP contribution in [0.2, 0.25) is 0 Å². The summed E-state index contributed by atoms with van der Waals surface area (Å²) in [6.07, 6.45) is 4.40. The van der Waals surface area contributed by atoms with Crippen LogP contribution >= 0.6 is 0 Å². The van der Waals surface area contributed by atoms with Gasteiger partial charge in [-0.25, -0.2) is 0 Å². The minimum absolute atomic E-state index is 0.0840. The maximum Gasteiger partial charge on any atom is 0.290 e. The molecule has 1 spiro atoms. The fraction of sp³-hybridized carbons (Fsp3) is 0.571. The summed E-state index contributed by atoms with van der Waals surface area (Å²) in [5.74, 6) is 0.250. The first-order valence-electron chi connectivity index (χ1n) is 9.81. The van der Waals surface area contributed by atoms with Gasteiger partial charge < -0.3 is 19.8 Å². The van der Waals surface area contributed by atoms with Crippen molar-refractivity contribution in [2.24, 2.45) is 0 Å². The van der Waals surface area contributed by atoms with Gasteiger partial charge in [-0.3, -0.25) is 14.4 Å². The number of nitrogens with zero attached hydrogens (tertiary/aromatic N) is 3. The molecule has 28 heavy (non-hydrogen) atoms. The van der Waals surface area contributed by atoms with E-state index in [2.05, 4.69) is 12.1 Å². The Balaban J connectivity index is 0.000000878. The number of rotatable bonds is 5. The highest BCUT2D eigenvalue weighted by molar-refractivity contribution is 5.93. The number of hydrogen-bond acceptors (Lipinski definition) is 4. The Bertz CT molecular complexity index is 665. The first-order valence-corrected chi connectivity index (χ1v) is 9.81. The van der Waals surface area contributed by atoms with Crippen molar-refractivity contribution in [1.82, 2.24) is 14.7 Å². The van der Waals surface area contributed by atoms with Crippen LogP contribution in [-0.4, -0.2) is 83.9 Å². The maximum atomic E-state index is 13.3. The quantitative estimate of drug-likeness (QED) is 0.772. The lowest BCUT2D eigenvalue weighted by molar-refractivity contribution is -0.155. The van der Waals surface area contributed by atoms with E-state index in [0.717, 1.165) is 45.2 Å². The second-order valence-corrected chi connectivity index (χ2v) is 7.66. The van der Waals surface area contributed by atoms with E-state index < -0.39 is 5.54 Å². The molecule has 0 saturated carbocycles. The largest absolute Gasteiger partial charge is 0.483 e. The SMILES string of the molecule is CN(C)CC(=O)N1CCCC12CCCN(CCc1ccccc1)C2=O.O=CO. The molecule has 2 fully saturated rings. The molecule has 1 unspecified atom stereocenters. The molecule has 0 aromatic heterocycles. The lowest BCUT2D eigenvalue weighted by Gasteiger charge is -2.45. The van der Waals surface area contributed by atoms with E-state index in [0.29, 0.717) is 13.1 Å². The van der Waals surface area contributed by atoms with Crippen molar-refractivity contribution in [2.75, 3.05) is 40.3 Å². The monoisotopic (exact) mass is 389 g/mol. The first kappa shape index (κ1) is 21.9. The normalized spacial score (nSPS) is 21.6. The third-order valence-electron chi connectivity index (χ3n) is 5.46. The number of hydrogen-bond donors (Lipinski definition) is 1. The third-order valence-corrected chi connectivity index (χ3v) is 5.46. The number of carbonyl (C=O) groups is 3. The molecule has 2 aliphatic rings. The first-order chi connectivity index (χ1) is 13.4. The van der Waals surface area contributed by atoms with E-state index in [-0.39, 0.29) is 18.3 Å². The minimum Gasteiger partial charge on any atom is -0.483 e. The molecule has 2 amide bonds. The maximum absolute atomic E-state index is 13.3. The zero-order valence-corrected chi connectivity index (χ0v) is 16.8. The fourth-order valence-corrected chi connectivity index (χ4v) is 4.27. The van der Waals surface area contributed by atoms with Gasteiger partial charge in [-0.2, -0.15) is 0 Å². The van der Waals surface area contributed by atoms with Crippen molar-refractivity contribution >= 4 is 18.3 Å². The molecule has 7 heteroatoms. The van der Waals surface area contributed by atoms with Crippen LogP contribution in [0.15, 0.2) is 30.3 Å². The lowest BCUT2D eigenvalue weighted by Crippen LogP contribution is -2.62. The number of likely N-dealkylation sites (tertiary alicyclic amines) is 2. The Hall–Kier alpha value is -2.41. The summed E-state index contributed by atoms with van der Waals surface area (Å²) in [6.45, 7) is 2.38. The summed E-state index contributed by atoms with van der Waals surface area (Å²) in [6, 6.07) is 10.3. The molecule has 0 bridgehead atoms. The molecular formula is C21H31N3O4. The van der Waals surface area contributed by atoms with E-state index in [1.807, 2.05) is 47.0 Å². The summed E-state index contributed by atoms with van der Waals surface area (Å²) < 4.78 is 0. The average molecular weight is 389 g/mol. The number of benzene rings is 1. The van der Waals surface area contributed by atoms with Gasteiger partial charge in [0.15, 0.2) is 0 Å². The molecule has 0 aliphatic carbocycles. The minimum atomic E-state index is -0.581. The van der Waals surface area contributed by atoms with Gasteiger partial charge in [0.1, 0.15) is 5.54 Å². The molecule has 1 atom stereocenters. The zero-order chi connectivity index (χ0) is 20.6. The molecule has 1 aromatic carbocycles. The van der Waals surface area contributed by atoms with Gasteiger partial charge >= 0.3 is 0 Å².